The van der Waals surface area contributed by atoms with Crippen LogP contribution >= 0.6 is 11.3 Å². The molecule has 3 aromatic heterocycles. The maximum Gasteiger partial charge on any atom is 0.160 e. The molecule has 1 aliphatic heterocycles. The molecule has 0 spiro atoms. The summed E-state index contributed by atoms with van der Waals surface area (Å²) in [6, 6.07) is 73.9. The summed E-state index contributed by atoms with van der Waals surface area (Å²) >= 11 is 1.82. The fraction of sp³-hybridized carbons (Fsp3) is 0.0169. The van der Waals surface area contributed by atoms with Crippen LogP contribution in [-0.2, 0) is 0 Å². The largest absolute Gasteiger partial charge is 0.456 e. The summed E-state index contributed by atoms with van der Waals surface area (Å²) in [7, 11) is 0. The third kappa shape index (κ3) is 5.64. The Bertz CT molecular complexity index is 4170. The monoisotopic (exact) mass is 848 g/mol. The van der Waals surface area contributed by atoms with Crippen molar-refractivity contribution in [3.05, 3.63) is 223 Å². The van der Waals surface area contributed by atoms with Crippen molar-refractivity contribution in [3.63, 3.8) is 0 Å². The molecule has 0 saturated heterocycles. The number of aliphatic imine (C=N–C) groups is 2. The zero-order chi connectivity index (χ0) is 42.6. The number of rotatable bonds is 5. The highest BCUT2D eigenvalue weighted by Crippen LogP contribution is 2.44. The van der Waals surface area contributed by atoms with Gasteiger partial charge in [-0.05, 0) is 98.9 Å². The van der Waals surface area contributed by atoms with Crippen LogP contribution in [0.1, 0.15) is 22.9 Å². The number of thiophene rings is 1. The van der Waals surface area contributed by atoms with Gasteiger partial charge in [-0.3, -0.25) is 0 Å². The van der Waals surface area contributed by atoms with Gasteiger partial charge in [0.25, 0.3) is 0 Å². The first-order valence-electron chi connectivity index (χ1n) is 22.0. The van der Waals surface area contributed by atoms with Gasteiger partial charge < -0.3 is 14.3 Å². The molecule has 1 unspecified atom stereocenters. The Morgan fingerprint density at radius 3 is 2.09 bits per heavy atom. The molecule has 1 aliphatic rings. The van der Waals surface area contributed by atoms with Gasteiger partial charge in [0.2, 0.25) is 0 Å². The van der Waals surface area contributed by atoms with Crippen molar-refractivity contribution < 1.29 is 4.42 Å². The number of nitrogens with one attached hydrogen (secondary N) is 1. The van der Waals surface area contributed by atoms with Crippen molar-refractivity contribution >= 4 is 108 Å². The minimum Gasteiger partial charge on any atom is -0.456 e. The van der Waals surface area contributed by atoms with Crippen molar-refractivity contribution in [3.8, 4) is 16.8 Å². The minimum atomic E-state index is -0.371. The summed E-state index contributed by atoms with van der Waals surface area (Å²) in [5.41, 5.74) is 10.1. The van der Waals surface area contributed by atoms with Gasteiger partial charge in [-0.2, -0.15) is 0 Å². The number of amidine groups is 2. The summed E-state index contributed by atoms with van der Waals surface area (Å²) < 4.78 is 11.6. The highest BCUT2D eigenvalue weighted by Gasteiger charge is 2.26. The standard InChI is InChI=1S/C59H36N4OS/c1-2-14-36(15-3-1)57-60-58(39-25-28-44-43-20-9-11-24-53(43)65-54(44)33-39)62-59(61-57)46-29-27-40(63-49-22-10-8-19-42(49)48-31-37-16-4-5-17-38(37)32-50(48)63)34-47(46)45-21-12-23-51-56(45)55-41-18-7-6-13-35(41)26-30-52(55)64-51/h1-34,57H,(H,60,61,62). The second-order valence-electron chi connectivity index (χ2n) is 16.9. The van der Waals surface area contributed by atoms with Crippen LogP contribution in [0.2, 0.25) is 0 Å². The van der Waals surface area contributed by atoms with Crippen LogP contribution in [0.5, 0.6) is 0 Å². The zero-order valence-electron chi connectivity index (χ0n) is 34.9. The van der Waals surface area contributed by atoms with E-state index in [0.29, 0.717) is 5.84 Å². The number of fused-ring (bicyclic) bond motifs is 12. The van der Waals surface area contributed by atoms with Gasteiger partial charge in [-0.15, -0.1) is 11.3 Å². The molecule has 65 heavy (non-hydrogen) atoms. The molecule has 4 heterocycles. The first kappa shape index (κ1) is 36.2. The lowest BCUT2D eigenvalue weighted by Gasteiger charge is -2.25. The van der Waals surface area contributed by atoms with E-state index in [-0.39, 0.29) is 6.17 Å². The molecule has 304 valence electrons. The van der Waals surface area contributed by atoms with E-state index in [1.54, 1.807) is 0 Å². The normalized spacial score (nSPS) is 14.3. The molecule has 10 aromatic carbocycles. The molecule has 0 aliphatic carbocycles. The number of hydrogen-bond donors (Lipinski definition) is 1. The first-order valence-corrected chi connectivity index (χ1v) is 22.8. The molecular formula is C59H36N4OS. The van der Waals surface area contributed by atoms with E-state index in [0.717, 1.165) is 77.7 Å². The van der Waals surface area contributed by atoms with Crippen LogP contribution in [0.4, 0.5) is 0 Å². The summed E-state index contributed by atoms with van der Waals surface area (Å²) in [5.74, 6) is 1.44. The number of furan rings is 1. The molecule has 5 nitrogen and oxygen atoms in total. The fourth-order valence-electron chi connectivity index (χ4n) is 10.2. The van der Waals surface area contributed by atoms with Crippen molar-refractivity contribution in [2.75, 3.05) is 0 Å². The van der Waals surface area contributed by atoms with E-state index in [1.807, 2.05) is 11.3 Å². The van der Waals surface area contributed by atoms with Crippen molar-refractivity contribution in [2.45, 2.75) is 6.17 Å². The molecule has 0 bridgehead atoms. The molecule has 13 aromatic rings. The van der Waals surface area contributed by atoms with Gasteiger partial charge >= 0.3 is 0 Å². The first-order chi connectivity index (χ1) is 32.2. The Kier molecular flexibility index (Phi) is 7.85. The molecule has 14 rings (SSSR count). The van der Waals surface area contributed by atoms with E-state index in [2.05, 4.69) is 216 Å². The quantitative estimate of drug-likeness (QED) is 0.188. The average Bonchev–Trinajstić information content (AvgIpc) is 4.05. The lowest BCUT2D eigenvalue weighted by Crippen LogP contribution is -2.33. The predicted octanol–water partition coefficient (Wildman–Crippen LogP) is 15.5. The number of para-hydroxylation sites is 1. The molecule has 1 atom stereocenters. The number of hydrogen-bond acceptors (Lipinski definition) is 5. The molecule has 1 N–H and O–H groups in total. The predicted molar refractivity (Wildman–Crippen MR) is 273 cm³/mol. The summed E-state index contributed by atoms with van der Waals surface area (Å²) in [4.78, 5) is 11.0. The van der Waals surface area contributed by atoms with E-state index < -0.39 is 0 Å². The minimum absolute atomic E-state index is 0.371. The second kappa shape index (κ2) is 14.1. The van der Waals surface area contributed by atoms with Crippen molar-refractivity contribution in [1.29, 1.82) is 0 Å². The van der Waals surface area contributed by atoms with E-state index in [9.17, 15) is 0 Å². The Balaban J connectivity index is 1.05. The highest BCUT2D eigenvalue weighted by atomic mass is 32.1. The Morgan fingerprint density at radius 1 is 0.462 bits per heavy atom. The smallest absolute Gasteiger partial charge is 0.160 e. The molecule has 0 fully saturated rings. The van der Waals surface area contributed by atoms with Gasteiger partial charge in [-0.1, -0.05) is 146 Å². The zero-order valence-corrected chi connectivity index (χ0v) is 35.7. The third-order valence-electron chi connectivity index (χ3n) is 13.2. The summed E-state index contributed by atoms with van der Waals surface area (Å²) in [6.07, 6.45) is -0.371. The summed E-state index contributed by atoms with van der Waals surface area (Å²) in [6.45, 7) is 0. The van der Waals surface area contributed by atoms with Crippen LogP contribution in [0.25, 0.3) is 102 Å². The molecule has 0 saturated carbocycles. The maximum absolute atomic E-state index is 6.70. The van der Waals surface area contributed by atoms with Crippen LogP contribution in [0, 0.1) is 0 Å². The number of benzene rings is 10. The van der Waals surface area contributed by atoms with Gasteiger partial charge in [-0.25, -0.2) is 9.98 Å². The Labute approximate surface area is 376 Å². The Morgan fingerprint density at radius 2 is 1.20 bits per heavy atom. The number of nitrogens with zero attached hydrogens (tertiary/aromatic N) is 3. The van der Waals surface area contributed by atoms with Crippen LogP contribution in [0.3, 0.4) is 0 Å². The van der Waals surface area contributed by atoms with Crippen LogP contribution in [-0.4, -0.2) is 16.2 Å². The highest BCUT2D eigenvalue weighted by molar-refractivity contribution is 7.25. The average molecular weight is 849 g/mol. The van der Waals surface area contributed by atoms with Crippen molar-refractivity contribution in [1.82, 2.24) is 9.88 Å². The van der Waals surface area contributed by atoms with Gasteiger partial charge in [0.1, 0.15) is 23.2 Å². The SMILES string of the molecule is c1ccc(C2N=C(c3ccc(-n4c5ccccc5c5cc6ccccc6cc54)cc3-c3cccc4oc5ccc6ccccc6c5c34)N=C(c3ccc4c(c3)sc3ccccc34)N2)cc1. The van der Waals surface area contributed by atoms with E-state index in [4.69, 9.17) is 14.4 Å². The van der Waals surface area contributed by atoms with Crippen LogP contribution in [0.15, 0.2) is 221 Å². The topological polar surface area (TPSA) is 54.8 Å². The van der Waals surface area contributed by atoms with Crippen LogP contribution < -0.4 is 5.32 Å². The summed E-state index contributed by atoms with van der Waals surface area (Å²) in [5, 5.41) is 15.6. The fourth-order valence-corrected chi connectivity index (χ4v) is 11.4. The van der Waals surface area contributed by atoms with Gasteiger partial charge in [0.05, 0.1) is 11.0 Å². The van der Waals surface area contributed by atoms with E-state index >= 15 is 0 Å². The molecular weight excluding hydrogens is 813 g/mol. The lowest BCUT2D eigenvalue weighted by molar-refractivity contribution is 0.669. The molecule has 0 amide bonds. The third-order valence-corrected chi connectivity index (χ3v) is 14.4. The molecule has 6 heteroatoms. The molecule has 0 radical (unpaired) electrons. The van der Waals surface area contributed by atoms with Gasteiger partial charge in [0.15, 0.2) is 5.84 Å². The van der Waals surface area contributed by atoms with E-state index in [1.165, 1.54) is 47.1 Å². The number of aromatic nitrogens is 1. The lowest BCUT2D eigenvalue weighted by atomic mass is 9.92. The Hall–Kier alpha value is -8.32. The van der Waals surface area contributed by atoms with Gasteiger partial charge in [0, 0.05) is 58.5 Å². The van der Waals surface area contributed by atoms with Crippen molar-refractivity contribution in [2.24, 2.45) is 9.98 Å². The second-order valence-corrected chi connectivity index (χ2v) is 18.0. The maximum atomic E-state index is 6.70.